The molecule has 1 aromatic carbocycles. The lowest BCUT2D eigenvalue weighted by Gasteiger charge is -2.26. The lowest BCUT2D eigenvalue weighted by molar-refractivity contribution is -0.115. The van der Waals surface area contributed by atoms with Gasteiger partial charge in [0.15, 0.2) is 16.7 Å². The van der Waals surface area contributed by atoms with E-state index in [4.69, 9.17) is 9.15 Å². The first-order valence-corrected chi connectivity index (χ1v) is 12.3. The third-order valence-electron chi connectivity index (χ3n) is 4.96. The summed E-state index contributed by atoms with van der Waals surface area (Å²) in [6.07, 6.45) is 1.56. The van der Waals surface area contributed by atoms with E-state index in [1.165, 1.54) is 28.2 Å². The number of amides is 1. The summed E-state index contributed by atoms with van der Waals surface area (Å²) in [4.78, 5) is 12.8. The highest BCUT2D eigenvalue weighted by molar-refractivity contribution is 8.00. The fourth-order valence-electron chi connectivity index (χ4n) is 3.14. The van der Waals surface area contributed by atoms with Crippen molar-refractivity contribution in [1.82, 2.24) is 19.1 Å². The number of rotatable bonds is 7. The van der Waals surface area contributed by atoms with Crippen LogP contribution in [0.15, 0.2) is 57.1 Å². The van der Waals surface area contributed by atoms with Crippen LogP contribution < -0.4 is 5.32 Å². The zero-order valence-corrected chi connectivity index (χ0v) is 19.2. The number of morpholine rings is 1. The first kappa shape index (κ1) is 22.5. The molecule has 1 aliphatic rings. The molecular formula is C20H23N5O5S2. The molecule has 12 heteroatoms. The number of anilines is 1. The standard InChI is InChI=1S/C20H23N5O5S2/c1-14(31-20-23-22-18(24(20)2)17-4-3-11-30-17)19(26)21-15-5-7-16(8-6-15)32(27,28)25-9-12-29-13-10-25/h3-8,11,14H,9-10,12-13H2,1-2H3,(H,21,26). The topological polar surface area (TPSA) is 120 Å². The Labute approximate surface area is 190 Å². The molecule has 1 saturated heterocycles. The number of carbonyl (C=O) groups is 1. The number of thioether (sulfide) groups is 1. The maximum absolute atomic E-state index is 12.7. The van der Waals surface area contributed by atoms with Gasteiger partial charge >= 0.3 is 0 Å². The van der Waals surface area contributed by atoms with Gasteiger partial charge in [-0.05, 0) is 43.3 Å². The summed E-state index contributed by atoms with van der Waals surface area (Å²) in [5, 5.41) is 11.2. The van der Waals surface area contributed by atoms with E-state index in [9.17, 15) is 13.2 Å². The minimum Gasteiger partial charge on any atom is -0.461 e. The highest BCUT2D eigenvalue weighted by atomic mass is 32.2. The highest BCUT2D eigenvalue weighted by Gasteiger charge is 2.26. The van der Waals surface area contributed by atoms with Crippen molar-refractivity contribution in [2.75, 3.05) is 31.6 Å². The number of sulfonamides is 1. The van der Waals surface area contributed by atoms with Gasteiger partial charge in [0, 0.05) is 25.8 Å². The van der Waals surface area contributed by atoms with Gasteiger partial charge in [0.05, 0.1) is 29.6 Å². The second-order valence-corrected chi connectivity index (χ2v) is 10.4. The van der Waals surface area contributed by atoms with Gasteiger partial charge in [0.1, 0.15) is 0 Å². The van der Waals surface area contributed by atoms with E-state index in [0.717, 1.165) is 0 Å². The number of nitrogens with one attached hydrogen (secondary N) is 1. The van der Waals surface area contributed by atoms with Crippen LogP contribution in [0.2, 0.25) is 0 Å². The zero-order chi connectivity index (χ0) is 22.7. The van der Waals surface area contributed by atoms with E-state index in [1.54, 1.807) is 49.1 Å². The Morgan fingerprint density at radius 3 is 2.53 bits per heavy atom. The fraction of sp³-hybridized carbons (Fsp3) is 0.350. The molecule has 32 heavy (non-hydrogen) atoms. The van der Waals surface area contributed by atoms with Crippen LogP contribution >= 0.6 is 11.8 Å². The summed E-state index contributed by atoms with van der Waals surface area (Å²) in [5.74, 6) is 0.930. The van der Waals surface area contributed by atoms with Crippen molar-refractivity contribution in [1.29, 1.82) is 0 Å². The van der Waals surface area contributed by atoms with Gasteiger partial charge in [-0.1, -0.05) is 11.8 Å². The van der Waals surface area contributed by atoms with Crippen molar-refractivity contribution in [2.45, 2.75) is 22.2 Å². The van der Waals surface area contributed by atoms with Gasteiger partial charge in [-0.2, -0.15) is 4.31 Å². The first-order valence-electron chi connectivity index (χ1n) is 9.95. The van der Waals surface area contributed by atoms with E-state index in [0.29, 0.717) is 48.7 Å². The molecule has 1 atom stereocenters. The maximum atomic E-state index is 12.7. The van der Waals surface area contributed by atoms with Crippen molar-refractivity contribution >= 4 is 33.4 Å². The molecule has 2 aromatic heterocycles. The van der Waals surface area contributed by atoms with Crippen molar-refractivity contribution in [3.05, 3.63) is 42.7 Å². The number of furan rings is 1. The molecule has 1 amide bonds. The molecule has 1 fully saturated rings. The number of carbonyl (C=O) groups excluding carboxylic acids is 1. The normalized spacial score (nSPS) is 16.1. The fourth-order valence-corrected chi connectivity index (χ4v) is 5.36. The van der Waals surface area contributed by atoms with Crippen LogP contribution in [-0.2, 0) is 26.6 Å². The van der Waals surface area contributed by atoms with Crippen LogP contribution in [0.3, 0.4) is 0 Å². The van der Waals surface area contributed by atoms with Gasteiger partial charge in [0.25, 0.3) is 0 Å². The molecule has 3 heterocycles. The molecule has 0 aliphatic carbocycles. The smallest absolute Gasteiger partial charge is 0.243 e. The Morgan fingerprint density at radius 1 is 1.16 bits per heavy atom. The molecule has 1 unspecified atom stereocenters. The molecule has 1 N–H and O–H groups in total. The number of ether oxygens (including phenoxy) is 1. The largest absolute Gasteiger partial charge is 0.461 e. The molecule has 0 radical (unpaired) electrons. The molecule has 0 spiro atoms. The van der Waals surface area contributed by atoms with Crippen molar-refractivity contribution in [3.8, 4) is 11.6 Å². The molecular weight excluding hydrogens is 454 g/mol. The van der Waals surface area contributed by atoms with Crippen molar-refractivity contribution < 1.29 is 22.4 Å². The minimum atomic E-state index is -3.57. The minimum absolute atomic E-state index is 0.185. The van der Waals surface area contributed by atoms with Crippen LogP contribution in [0, 0.1) is 0 Å². The first-order chi connectivity index (χ1) is 15.4. The lowest BCUT2D eigenvalue weighted by atomic mass is 10.3. The molecule has 4 rings (SSSR count). The number of benzene rings is 1. The van der Waals surface area contributed by atoms with E-state index in [-0.39, 0.29) is 10.8 Å². The Balaban J connectivity index is 1.38. The Morgan fingerprint density at radius 2 is 1.88 bits per heavy atom. The van der Waals surface area contributed by atoms with Crippen molar-refractivity contribution in [2.24, 2.45) is 7.05 Å². The van der Waals surface area contributed by atoms with Crippen LogP contribution in [0.25, 0.3) is 11.6 Å². The molecule has 0 bridgehead atoms. The number of hydrogen-bond donors (Lipinski definition) is 1. The van der Waals surface area contributed by atoms with Gasteiger partial charge in [-0.25, -0.2) is 8.42 Å². The third kappa shape index (κ3) is 4.72. The summed E-state index contributed by atoms with van der Waals surface area (Å²) in [5.41, 5.74) is 0.512. The van der Waals surface area contributed by atoms with Gasteiger partial charge in [-0.3, -0.25) is 4.79 Å². The van der Waals surface area contributed by atoms with E-state index in [1.807, 2.05) is 0 Å². The summed E-state index contributed by atoms with van der Waals surface area (Å²) >= 11 is 1.26. The SMILES string of the molecule is CC(Sc1nnc(-c2ccco2)n1C)C(=O)Nc1ccc(S(=O)(=O)N2CCOCC2)cc1. The summed E-state index contributed by atoms with van der Waals surface area (Å²) in [7, 11) is -1.77. The van der Waals surface area contributed by atoms with E-state index >= 15 is 0 Å². The van der Waals surface area contributed by atoms with Crippen LogP contribution in [0.5, 0.6) is 0 Å². The van der Waals surface area contributed by atoms with Crippen LogP contribution in [-0.4, -0.2) is 64.9 Å². The highest BCUT2D eigenvalue weighted by Crippen LogP contribution is 2.27. The zero-order valence-electron chi connectivity index (χ0n) is 17.6. The summed E-state index contributed by atoms with van der Waals surface area (Å²) in [6.45, 7) is 3.20. The molecule has 170 valence electrons. The molecule has 3 aromatic rings. The second kappa shape index (κ2) is 9.45. The molecule has 10 nitrogen and oxygen atoms in total. The van der Waals surface area contributed by atoms with Gasteiger partial charge < -0.3 is 19.0 Å². The van der Waals surface area contributed by atoms with E-state index in [2.05, 4.69) is 15.5 Å². The second-order valence-electron chi connectivity index (χ2n) is 7.13. The predicted molar refractivity (Wildman–Crippen MR) is 119 cm³/mol. The Bertz CT molecular complexity index is 1170. The van der Waals surface area contributed by atoms with Crippen LogP contribution in [0.4, 0.5) is 5.69 Å². The monoisotopic (exact) mass is 477 g/mol. The predicted octanol–water partition coefficient (Wildman–Crippen LogP) is 2.22. The maximum Gasteiger partial charge on any atom is 0.243 e. The number of aromatic nitrogens is 3. The average Bonchev–Trinajstić information content (AvgIpc) is 3.45. The lowest BCUT2D eigenvalue weighted by Crippen LogP contribution is -2.40. The average molecular weight is 478 g/mol. The number of nitrogens with zero attached hydrogens (tertiary/aromatic N) is 4. The third-order valence-corrected chi connectivity index (χ3v) is 8.00. The quantitative estimate of drug-likeness (QED) is 0.515. The molecule has 1 aliphatic heterocycles. The van der Waals surface area contributed by atoms with E-state index < -0.39 is 15.3 Å². The molecule has 0 saturated carbocycles. The van der Waals surface area contributed by atoms with Gasteiger partial charge in [0.2, 0.25) is 15.9 Å². The summed E-state index contributed by atoms with van der Waals surface area (Å²) in [6, 6.07) is 9.72. The number of hydrogen-bond acceptors (Lipinski definition) is 8. The summed E-state index contributed by atoms with van der Waals surface area (Å²) < 4.78 is 39.2. The Kier molecular flexibility index (Phi) is 6.65. The van der Waals surface area contributed by atoms with Crippen molar-refractivity contribution in [3.63, 3.8) is 0 Å². The Hall–Kier alpha value is -2.67. The van der Waals surface area contributed by atoms with Gasteiger partial charge in [-0.15, -0.1) is 10.2 Å². The van der Waals surface area contributed by atoms with Crippen LogP contribution in [0.1, 0.15) is 6.92 Å².